The van der Waals surface area contributed by atoms with Gasteiger partial charge in [0.25, 0.3) is 0 Å². The minimum Gasteiger partial charge on any atom is -0.282 e. The maximum absolute atomic E-state index is 12.7. The van der Waals surface area contributed by atoms with E-state index in [0.717, 1.165) is 6.07 Å². The van der Waals surface area contributed by atoms with E-state index < -0.39 is 11.7 Å². The first-order chi connectivity index (χ1) is 7.89. The quantitative estimate of drug-likeness (QED) is 0.752. The van der Waals surface area contributed by atoms with Gasteiger partial charge < -0.3 is 0 Å². The van der Waals surface area contributed by atoms with Crippen molar-refractivity contribution in [2.24, 2.45) is 0 Å². The van der Waals surface area contributed by atoms with Gasteiger partial charge in [-0.15, -0.1) is 0 Å². The Hall–Kier alpha value is -1.04. The lowest BCUT2D eigenvalue weighted by atomic mass is 10.1. The van der Waals surface area contributed by atoms with Crippen molar-refractivity contribution in [2.45, 2.75) is 26.9 Å². The number of fused-ring (bicyclic) bond motifs is 1. The molecule has 1 N–H and O–H groups in total. The Kier molecular flexibility index (Phi) is 4.19. The number of alkyl halides is 3. The molecule has 1 aromatic heterocycles. The number of aryl methyl sites for hydroxylation is 1. The molecule has 0 spiro atoms. The number of halogens is 4. The van der Waals surface area contributed by atoms with Crippen LogP contribution in [0.4, 0.5) is 13.2 Å². The van der Waals surface area contributed by atoms with Crippen molar-refractivity contribution in [1.82, 2.24) is 10.2 Å². The number of H-pyrrole nitrogens is 1. The van der Waals surface area contributed by atoms with E-state index in [1.807, 2.05) is 13.8 Å². The molecule has 0 aliphatic carbocycles. The lowest BCUT2D eigenvalue weighted by Crippen LogP contribution is -2.05. The molecule has 1 heterocycles. The minimum atomic E-state index is -4.36. The van der Waals surface area contributed by atoms with Gasteiger partial charge in [-0.3, -0.25) is 5.10 Å². The Labute approximate surface area is 105 Å². The Morgan fingerprint density at radius 2 is 1.82 bits per heavy atom. The maximum atomic E-state index is 12.7. The van der Waals surface area contributed by atoms with E-state index in [1.54, 1.807) is 13.0 Å². The van der Waals surface area contributed by atoms with Crippen LogP contribution in [-0.4, -0.2) is 10.2 Å². The average molecular weight is 309 g/mol. The molecule has 94 valence electrons. The van der Waals surface area contributed by atoms with E-state index in [-0.39, 0.29) is 5.39 Å². The molecular weight excluding hydrogens is 297 g/mol. The summed E-state index contributed by atoms with van der Waals surface area (Å²) in [5, 5.41) is 6.47. The molecule has 0 fully saturated rings. The second-order valence-electron chi connectivity index (χ2n) is 3.19. The van der Waals surface area contributed by atoms with Crippen LogP contribution < -0.4 is 0 Å². The summed E-state index contributed by atoms with van der Waals surface area (Å²) in [5.41, 5.74) is 0.0668. The largest absolute Gasteiger partial charge is 0.417 e. The Bertz CT molecular complexity index is 517. The van der Waals surface area contributed by atoms with Gasteiger partial charge in [0.05, 0.1) is 11.1 Å². The first kappa shape index (κ1) is 14.0. The fraction of sp³-hybridized carbons (Fsp3) is 0.364. The van der Waals surface area contributed by atoms with Crippen LogP contribution in [0.2, 0.25) is 0 Å². The summed E-state index contributed by atoms with van der Waals surface area (Å²) in [6, 6.07) is 2.61. The van der Waals surface area contributed by atoms with E-state index in [0.29, 0.717) is 15.7 Å². The molecular formula is C11H12BrF3N2. The van der Waals surface area contributed by atoms with E-state index in [1.165, 1.54) is 0 Å². The van der Waals surface area contributed by atoms with Crippen LogP contribution in [-0.2, 0) is 6.18 Å². The van der Waals surface area contributed by atoms with Gasteiger partial charge in [0.1, 0.15) is 0 Å². The molecule has 17 heavy (non-hydrogen) atoms. The summed E-state index contributed by atoms with van der Waals surface area (Å²) in [6.07, 6.45) is -4.36. The van der Waals surface area contributed by atoms with Crippen LogP contribution in [0.1, 0.15) is 25.1 Å². The Morgan fingerprint density at radius 1 is 1.24 bits per heavy atom. The summed E-state index contributed by atoms with van der Waals surface area (Å²) in [5.74, 6) is 0. The zero-order valence-electron chi connectivity index (χ0n) is 9.61. The third-order valence-electron chi connectivity index (χ3n) is 2.11. The molecule has 0 radical (unpaired) electrons. The smallest absolute Gasteiger partial charge is 0.282 e. The number of nitrogens with zero attached hydrogens (tertiary/aromatic N) is 1. The second kappa shape index (κ2) is 5.08. The predicted octanol–water partition coefficient (Wildman–Crippen LogP) is 4.68. The number of hydrogen-bond acceptors (Lipinski definition) is 1. The highest BCUT2D eigenvalue weighted by Crippen LogP contribution is 2.37. The summed E-state index contributed by atoms with van der Waals surface area (Å²) in [6.45, 7) is 5.57. The normalized spacial score (nSPS) is 11.2. The van der Waals surface area contributed by atoms with E-state index in [2.05, 4.69) is 26.1 Å². The topological polar surface area (TPSA) is 28.7 Å². The summed E-state index contributed by atoms with van der Waals surface area (Å²) in [4.78, 5) is 0. The highest BCUT2D eigenvalue weighted by atomic mass is 79.9. The predicted molar refractivity (Wildman–Crippen MR) is 64.9 cm³/mol. The summed E-state index contributed by atoms with van der Waals surface area (Å²) < 4.78 is 38.4. The first-order valence-corrected chi connectivity index (χ1v) is 5.90. The lowest BCUT2D eigenvalue weighted by molar-refractivity contribution is -0.136. The van der Waals surface area contributed by atoms with Gasteiger partial charge in [0.2, 0.25) is 0 Å². The summed E-state index contributed by atoms with van der Waals surface area (Å²) in [7, 11) is 0. The number of benzene rings is 1. The van der Waals surface area contributed by atoms with Gasteiger partial charge in [0, 0.05) is 15.6 Å². The molecule has 0 saturated heterocycles. The van der Waals surface area contributed by atoms with Gasteiger partial charge in [0.15, 0.2) is 0 Å². The first-order valence-electron chi connectivity index (χ1n) is 5.11. The molecule has 0 saturated carbocycles. The maximum Gasteiger partial charge on any atom is 0.417 e. The van der Waals surface area contributed by atoms with Crippen molar-refractivity contribution < 1.29 is 13.2 Å². The highest BCUT2D eigenvalue weighted by Gasteiger charge is 2.34. The van der Waals surface area contributed by atoms with Crippen LogP contribution in [0.3, 0.4) is 0 Å². The van der Waals surface area contributed by atoms with Crippen molar-refractivity contribution in [3.63, 3.8) is 0 Å². The van der Waals surface area contributed by atoms with Gasteiger partial charge in [-0.2, -0.15) is 18.3 Å². The van der Waals surface area contributed by atoms with Crippen LogP contribution in [0, 0.1) is 6.92 Å². The molecule has 0 bridgehead atoms. The van der Waals surface area contributed by atoms with Gasteiger partial charge in [-0.25, -0.2) is 0 Å². The van der Waals surface area contributed by atoms with Crippen LogP contribution in [0.15, 0.2) is 16.6 Å². The van der Waals surface area contributed by atoms with Gasteiger partial charge in [-0.1, -0.05) is 29.8 Å². The third-order valence-corrected chi connectivity index (χ3v) is 2.56. The molecule has 1 aromatic carbocycles. The molecule has 0 amide bonds. The SMILES string of the molecule is CC.Cc1[nH]nc2cc(Br)cc(C(F)(F)F)c12. The second-order valence-corrected chi connectivity index (χ2v) is 4.11. The summed E-state index contributed by atoms with van der Waals surface area (Å²) >= 11 is 3.03. The molecule has 0 aliphatic rings. The van der Waals surface area contributed by atoms with Crippen molar-refractivity contribution in [1.29, 1.82) is 0 Å². The fourth-order valence-electron chi connectivity index (χ4n) is 1.50. The van der Waals surface area contributed by atoms with Crippen molar-refractivity contribution in [2.75, 3.05) is 0 Å². The number of hydrogen-bond donors (Lipinski definition) is 1. The zero-order chi connectivity index (χ0) is 13.2. The zero-order valence-corrected chi connectivity index (χ0v) is 11.2. The monoisotopic (exact) mass is 308 g/mol. The Balaban J connectivity index is 0.000000686. The highest BCUT2D eigenvalue weighted by molar-refractivity contribution is 9.10. The van der Waals surface area contributed by atoms with Crippen molar-refractivity contribution in [3.8, 4) is 0 Å². The number of rotatable bonds is 0. The van der Waals surface area contributed by atoms with Crippen molar-refractivity contribution >= 4 is 26.8 Å². The average Bonchev–Trinajstić information content (AvgIpc) is 2.61. The fourth-order valence-corrected chi connectivity index (χ4v) is 1.94. The Morgan fingerprint density at radius 3 is 2.35 bits per heavy atom. The van der Waals surface area contributed by atoms with Gasteiger partial charge >= 0.3 is 6.18 Å². The van der Waals surface area contributed by atoms with Crippen LogP contribution in [0.25, 0.3) is 10.9 Å². The number of aromatic amines is 1. The molecule has 2 aromatic rings. The molecule has 0 aliphatic heterocycles. The lowest BCUT2D eigenvalue weighted by Gasteiger charge is -2.08. The minimum absolute atomic E-state index is 0.130. The standard InChI is InChI=1S/C9H6BrF3N2.C2H6/c1-4-8-6(9(11,12)13)2-5(10)3-7(8)15-14-4;1-2/h2-3H,1H3,(H,14,15);1-2H3. The van der Waals surface area contributed by atoms with Crippen LogP contribution >= 0.6 is 15.9 Å². The molecule has 0 unspecified atom stereocenters. The van der Waals surface area contributed by atoms with E-state index in [9.17, 15) is 13.2 Å². The van der Waals surface area contributed by atoms with Gasteiger partial charge in [-0.05, 0) is 19.1 Å². The van der Waals surface area contributed by atoms with E-state index in [4.69, 9.17) is 0 Å². The molecule has 0 atom stereocenters. The van der Waals surface area contributed by atoms with E-state index >= 15 is 0 Å². The van der Waals surface area contributed by atoms with Crippen molar-refractivity contribution in [3.05, 3.63) is 27.9 Å². The number of aromatic nitrogens is 2. The van der Waals surface area contributed by atoms with Crippen LogP contribution in [0.5, 0.6) is 0 Å². The number of nitrogens with one attached hydrogen (secondary N) is 1. The molecule has 2 rings (SSSR count). The molecule has 6 heteroatoms. The molecule has 2 nitrogen and oxygen atoms in total. The third kappa shape index (κ3) is 2.80.